The van der Waals surface area contributed by atoms with Crippen molar-refractivity contribution in [2.75, 3.05) is 19.8 Å². The standard InChI is InChI=1S/C46H78O19/c1-19-30-27(65-46(19,58)12-11-43(3,4)18-59-40-36(55)34(53)32(51)28(16-47)62-40)14-24-22-8-7-21-13-26(25(49)15-45(21,6)23(22)9-10-44(24,30)5)61-42-38(57)35(54)39(29(17-48)63-42)64-41-37(56)33(52)31(50)20(2)60-41/h19-42,47-58H,7-18H2,1-6H3/t19-,20-,21+,22-,23+,24+,25-,26-,27-,28-,29-,30-,31-,32-,33+,34+,35-,36-,37-,38-,39-,40-,41+,42-,44-,45-,46+/m0/s1. The van der Waals surface area contributed by atoms with Crippen LogP contribution in [0.4, 0.5) is 0 Å². The van der Waals surface area contributed by atoms with Crippen LogP contribution in [-0.4, -0.2) is 197 Å². The molecule has 0 aromatic heterocycles. The van der Waals surface area contributed by atoms with E-state index in [0.717, 1.165) is 32.1 Å². The molecule has 4 saturated carbocycles. The molecular formula is C46H78O19. The van der Waals surface area contributed by atoms with Crippen LogP contribution in [0.2, 0.25) is 0 Å². The SMILES string of the molecule is C[C@@H]1O[C@H](O[C@@H]2[C@@H](O)[C@H](O)[C@@H](O[C@H]3C[C@H]4CC[C@H]5[C@@H](CC[C@]6(C)[C@@H]7[C@H](C[C@H]56)O[C@](O)(CCC(C)(C)CO[C@H]5O[C@@H](CO)[C@H](O)[C@@H](O)[C@@H]5O)[C@H]7C)[C@@]4(C)C[C@@H]3O)O[C@H]2CO)[C@@H](O)[C@H](O)[C@H]1O. The fourth-order valence-electron chi connectivity index (χ4n) is 14.3. The second-order valence-electron chi connectivity index (χ2n) is 22.6. The molecule has 4 aliphatic heterocycles. The highest BCUT2D eigenvalue weighted by atomic mass is 16.7. The molecule has 4 saturated heterocycles. The molecule has 0 amide bonds. The third-order valence-electron chi connectivity index (χ3n) is 18.2. The topological polar surface area (TPSA) is 307 Å². The van der Waals surface area contributed by atoms with Gasteiger partial charge in [0.15, 0.2) is 24.7 Å². The van der Waals surface area contributed by atoms with E-state index in [1.165, 1.54) is 6.92 Å². The molecule has 8 rings (SSSR count). The number of ether oxygens (including phenoxy) is 7. The molecule has 0 aromatic rings. The fraction of sp³-hybridized carbons (Fsp3) is 1.00. The number of rotatable bonds is 12. The van der Waals surface area contributed by atoms with E-state index >= 15 is 0 Å². The minimum atomic E-state index is -1.68. The van der Waals surface area contributed by atoms with E-state index in [1.807, 2.05) is 13.8 Å². The lowest BCUT2D eigenvalue weighted by Crippen LogP contribution is -2.65. The van der Waals surface area contributed by atoms with Crippen molar-refractivity contribution in [1.29, 1.82) is 0 Å². The lowest BCUT2D eigenvalue weighted by Gasteiger charge is -2.62. The van der Waals surface area contributed by atoms with Crippen molar-refractivity contribution in [3.05, 3.63) is 0 Å². The van der Waals surface area contributed by atoms with Gasteiger partial charge >= 0.3 is 0 Å². The van der Waals surface area contributed by atoms with Crippen LogP contribution in [0.15, 0.2) is 0 Å². The molecule has 0 unspecified atom stereocenters. The maximum Gasteiger partial charge on any atom is 0.187 e. The quantitative estimate of drug-likeness (QED) is 0.100. The molecule has 8 fully saturated rings. The van der Waals surface area contributed by atoms with Gasteiger partial charge in [-0.3, -0.25) is 0 Å². The van der Waals surface area contributed by atoms with Gasteiger partial charge in [-0.1, -0.05) is 34.6 Å². The van der Waals surface area contributed by atoms with Gasteiger partial charge in [0.2, 0.25) is 0 Å². The number of fused-ring (bicyclic) bond motifs is 7. The zero-order valence-corrected chi connectivity index (χ0v) is 38.6. The molecule has 19 heteroatoms. The first kappa shape index (κ1) is 50.6. The summed E-state index contributed by atoms with van der Waals surface area (Å²) >= 11 is 0. The average Bonchev–Trinajstić information content (AvgIpc) is 3.70. The van der Waals surface area contributed by atoms with Crippen LogP contribution >= 0.6 is 0 Å². The van der Waals surface area contributed by atoms with E-state index in [9.17, 15) is 61.3 Å². The van der Waals surface area contributed by atoms with Crippen LogP contribution in [0.5, 0.6) is 0 Å². The molecule has 8 aliphatic rings. The first-order valence-electron chi connectivity index (χ1n) is 24.1. The smallest absolute Gasteiger partial charge is 0.187 e. The number of hydrogen-bond donors (Lipinski definition) is 12. The summed E-state index contributed by atoms with van der Waals surface area (Å²) in [5, 5.41) is 128. The summed E-state index contributed by atoms with van der Waals surface area (Å²) in [6.45, 7) is 11.1. The average molecular weight is 935 g/mol. The normalized spacial score (nSPS) is 55.8. The van der Waals surface area contributed by atoms with E-state index in [1.54, 1.807) is 0 Å². The van der Waals surface area contributed by atoms with Gasteiger partial charge in [0, 0.05) is 12.3 Å². The van der Waals surface area contributed by atoms with E-state index < -0.39 is 129 Å². The third-order valence-corrected chi connectivity index (χ3v) is 18.2. The summed E-state index contributed by atoms with van der Waals surface area (Å²) < 4.78 is 41.6. The van der Waals surface area contributed by atoms with Crippen molar-refractivity contribution in [3.8, 4) is 0 Å². The maximum absolute atomic E-state index is 12.2. The summed E-state index contributed by atoms with van der Waals surface area (Å²) in [5.41, 5.74) is -0.730. The van der Waals surface area contributed by atoms with Crippen molar-refractivity contribution >= 4 is 0 Å². The number of aliphatic hydroxyl groups is 12. The summed E-state index contributed by atoms with van der Waals surface area (Å²) in [6, 6.07) is 0. The van der Waals surface area contributed by atoms with Gasteiger partial charge in [0.25, 0.3) is 0 Å². The van der Waals surface area contributed by atoms with E-state index in [2.05, 4.69) is 20.8 Å². The third kappa shape index (κ3) is 8.90. The molecule has 0 bridgehead atoms. The Labute approximate surface area is 380 Å². The Hall–Kier alpha value is -0.760. The maximum atomic E-state index is 12.2. The molecule has 0 spiro atoms. The summed E-state index contributed by atoms with van der Waals surface area (Å²) in [4.78, 5) is 0. The van der Waals surface area contributed by atoms with Crippen molar-refractivity contribution in [3.63, 3.8) is 0 Å². The highest BCUT2D eigenvalue weighted by molar-refractivity contribution is 5.15. The van der Waals surface area contributed by atoms with Crippen LogP contribution in [0.1, 0.15) is 99.3 Å². The van der Waals surface area contributed by atoms with Gasteiger partial charge in [-0.05, 0) is 104 Å². The predicted octanol–water partition coefficient (Wildman–Crippen LogP) is -1.39. The molecule has 27 atom stereocenters. The molecule has 4 aliphatic carbocycles. The molecular weight excluding hydrogens is 856 g/mol. The van der Waals surface area contributed by atoms with Crippen LogP contribution in [0.3, 0.4) is 0 Å². The monoisotopic (exact) mass is 935 g/mol. The largest absolute Gasteiger partial charge is 0.394 e. The summed E-state index contributed by atoms with van der Waals surface area (Å²) in [6.07, 6.45) is -16.3. The Kier molecular flexibility index (Phi) is 14.6. The number of hydrogen-bond acceptors (Lipinski definition) is 19. The second kappa shape index (κ2) is 18.8. The molecule has 4 heterocycles. The van der Waals surface area contributed by atoms with E-state index in [4.69, 9.17) is 33.2 Å². The summed E-state index contributed by atoms with van der Waals surface area (Å²) in [5.74, 6) is 0.0198. The Morgan fingerprint density at radius 3 is 1.98 bits per heavy atom. The molecule has 65 heavy (non-hydrogen) atoms. The lowest BCUT2D eigenvalue weighted by atomic mass is 9.44. The number of aliphatic hydroxyl groups excluding tert-OH is 11. The minimum absolute atomic E-state index is 0.0553. The van der Waals surface area contributed by atoms with Crippen LogP contribution in [0.25, 0.3) is 0 Å². The van der Waals surface area contributed by atoms with E-state index in [0.29, 0.717) is 43.4 Å². The Balaban J connectivity index is 0.860. The van der Waals surface area contributed by atoms with Crippen molar-refractivity contribution in [2.45, 2.75) is 216 Å². The van der Waals surface area contributed by atoms with E-state index in [-0.39, 0.29) is 41.3 Å². The lowest BCUT2D eigenvalue weighted by molar-refractivity contribution is -0.364. The first-order chi connectivity index (χ1) is 30.5. The van der Waals surface area contributed by atoms with Crippen molar-refractivity contribution in [1.82, 2.24) is 0 Å². The van der Waals surface area contributed by atoms with Gasteiger partial charge in [-0.25, -0.2) is 0 Å². The molecule has 19 nitrogen and oxygen atoms in total. The fourth-order valence-corrected chi connectivity index (χ4v) is 14.3. The highest BCUT2D eigenvalue weighted by Crippen LogP contribution is 2.71. The van der Waals surface area contributed by atoms with Crippen LogP contribution < -0.4 is 0 Å². The van der Waals surface area contributed by atoms with Gasteiger partial charge in [-0.15, -0.1) is 0 Å². The molecule has 0 radical (unpaired) electrons. The highest BCUT2D eigenvalue weighted by Gasteiger charge is 2.69. The van der Waals surface area contributed by atoms with Gasteiger partial charge < -0.3 is 94.4 Å². The predicted molar refractivity (Wildman–Crippen MR) is 224 cm³/mol. The van der Waals surface area contributed by atoms with Crippen LogP contribution in [0, 0.1) is 51.8 Å². The van der Waals surface area contributed by atoms with Gasteiger partial charge in [0.1, 0.15) is 67.1 Å². The van der Waals surface area contributed by atoms with Crippen molar-refractivity contribution in [2.24, 2.45) is 51.8 Å². The zero-order chi connectivity index (χ0) is 47.3. The Morgan fingerprint density at radius 2 is 1.29 bits per heavy atom. The second-order valence-corrected chi connectivity index (χ2v) is 22.6. The summed E-state index contributed by atoms with van der Waals surface area (Å²) in [7, 11) is 0. The van der Waals surface area contributed by atoms with Gasteiger partial charge in [0.05, 0.1) is 44.2 Å². The Bertz CT molecular complexity index is 1620. The Morgan fingerprint density at radius 1 is 0.662 bits per heavy atom. The molecule has 376 valence electrons. The minimum Gasteiger partial charge on any atom is -0.394 e. The van der Waals surface area contributed by atoms with Crippen molar-refractivity contribution < 1.29 is 94.4 Å². The molecule has 0 aromatic carbocycles. The zero-order valence-electron chi connectivity index (χ0n) is 38.6. The van der Waals surface area contributed by atoms with Gasteiger partial charge in [-0.2, -0.15) is 0 Å². The first-order valence-corrected chi connectivity index (χ1v) is 24.1. The molecule has 12 N–H and O–H groups in total. The van der Waals surface area contributed by atoms with Crippen LogP contribution in [-0.2, 0) is 33.2 Å².